The molecule has 7 heavy (non-hydrogen) atoms. The molecule has 7 heteroatoms. The van der Waals surface area contributed by atoms with Crippen molar-refractivity contribution in [2.24, 2.45) is 0 Å². The Morgan fingerprint density at radius 2 is 0.429 bits per heavy atom. The second kappa shape index (κ2) is 1430. The van der Waals surface area contributed by atoms with Crippen LogP contribution < -0.4 is 18.9 Å². The number of hydrogen-bond donors (Lipinski definition) is 0. The minimum absolute atomic E-state index is 0. The number of rotatable bonds is 0. The van der Waals surface area contributed by atoms with E-state index in [1.54, 1.807) is 0 Å². The summed E-state index contributed by atoms with van der Waals surface area (Å²) in [7, 11) is 0. The van der Waals surface area contributed by atoms with Gasteiger partial charge in [-0.25, -0.2) is 0 Å². The van der Waals surface area contributed by atoms with Crippen molar-refractivity contribution < 1.29 is 53.1 Å². The van der Waals surface area contributed by atoms with Crippen LogP contribution in [0, 0.1) is 0 Å². The van der Waals surface area contributed by atoms with Gasteiger partial charge in [-0.15, -0.1) is 0 Å². The smallest absolute Gasteiger partial charge is 1.00 e. The minimum Gasteiger partial charge on any atom is -1.00 e. The molecule has 0 aromatic rings. The van der Waals surface area contributed by atoms with Gasteiger partial charge in [-0.1, -0.05) is 0 Å². The van der Waals surface area contributed by atoms with Crippen LogP contribution in [-0.4, -0.2) is 32.9 Å². The zero-order valence-corrected chi connectivity index (χ0v) is 4.00. The third-order valence-corrected chi connectivity index (χ3v) is 0. The fourth-order valence-electron chi connectivity index (χ4n) is 0. The fraction of sp³-hybridized carbons (Fsp3) is 0. The third kappa shape index (κ3) is 945. The molecular weight excluding hydrogens is 103 g/mol. The average molecular weight is 116 g/mol. The Morgan fingerprint density at radius 1 is 0.429 bits per heavy atom. The summed E-state index contributed by atoms with van der Waals surface area (Å²) in [5, 5.41) is 0. The van der Waals surface area contributed by atoms with E-state index in [1.807, 2.05) is 0 Å². The van der Waals surface area contributed by atoms with Crippen LogP contribution in [0.2, 0.25) is 0 Å². The first-order chi connectivity index (χ1) is 0. The second-order valence-electron chi connectivity index (χ2n) is 0. The predicted octanol–water partition coefficient (Wildman–Crippen LogP) is -7.83. The van der Waals surface area contributed by atoms with Crippen LogP contribution in [0.5, 0.6) is 0 Å². The first-order valence-corrected chi connectivity index (χ1v) is 0. The van der Waals surface area contributed by atoms with Crippen LogP contribution in [-0.2, 0) is 0 Å². The van der Waals surface area contributed by atoms with Gasteiger partial charge >= 0.3 is 18.9 Å². The van der Waals surface area contributed by atoms with E-state index >= 15 is 0 Å². The third-order valence-electron chi connectivity index (χ3n) is 0. The van der Waals surface area contributed by atoms with Crippen LogP contribution in [0.25, 0.3) is 0 Å². The molecule has 6 nitrogen and oxygen atoms in total. The maximum Gasteiger partial charge on any atom is 1.00 e. The molecule has 0 unspecified atom stereocenters. The molecular formula is H13LiO6. The Kier molecular flexibility index (Phi) is 475000. The van der Waals surface area contributed by atoms with Crippen molar-refractivity contribution in [3.63, 3.8) is 0 Å². The van der Waals surface area contributed by atoms with Gasteiger partial charge in [0.05, 0.1) is 0 Å². The molecule has 0 heterocycles. The molecule has 0 saturated carbocycles. The molecule has 0 radical (unpaired) electrons. The van der Waals surface area contributed by atoms with Crippen molar-refractivity contribution in [1.29, 1.82) is 0 Å². The van der Waals surface area contributed by atoms with Crippen LogP contribution >= 0.6 is 0 Å². The van der Waals surface area contributed by atoms with Crippen LogP contribution in [0.4, 0.5) is 0 Å². The topological polar surface area (TPSA) is 189 Å². The Labute approximate surface area is 54.0 Å². The van der Waals surface area contributed by atoms with E-state index in [1.165, 1.54) is 0 Å². The molecule has 0 aliphatic heterocycles. The van der Waals surface area contributed by atoms with E-state index in [4.69, 9.17) is 0 Å². The zero-order chi connectivity index (χ0) is 0. The summed E-state index contributed by atoms with van der Waals surface area (Å²) in [6, 6.07) is 0. The van der Waals surface area contributed by atoms with Gasteiger partial charge in [-0.3, -0.25) is 0 Å². The predicted molar refractivity (Wildman–Crippen MR) is 22.8 cm³/mol. The molecule has 0 aromatic heterocycles. The zero-order valence-electron chi connectivity index (χ0n) is 5.00. The first-order valence-electron chi connectivity index (χ1n) is 0. The van der Waals surface area contributed by atoms with Crippen molar-refractivity contribution in [1.82, 2.24) is 0 Å². The Balaban J connectivity index is 0. The second-order valence-corrected chi connectivity index (χ2v) is 0. The van der Waals surface area contributed by atoms with Crippen molar-refractivity contribution in [2.45, 2.75) is 0 Å². The van der Waals surface area contributed by atoms with Crippen LogP contribution in [0.1, 0.15) is 1.43 Å². The summed E-state index contributed by atoms with van der Waals surface area (Å²) in [4.78, 5) is 0. The van der Waals surface area contributed by atoms with E-state index in [9.17, 15) is 0 Å². The summed E-state index contributed by atoms with van der Waals surface area (Å²) in [6.45, 7) is 0. The average Bonchev–Trinajstić information content (AvgIpc) is 0. The maximum absolute atomic E-state index is 0. The Bertz CT molecular complexity index is 8.49. The summed E-state index contributed by atoms with van der Waals surface area (Å²) in [6.07, 6.45) is 0. The largest absolute Gasteiger partial charge is 1.00 e. The van der Waals surface area contributed by atoms with Crippen molar-refractivity contribution in [3.05, 3.63) is 0 Å². The molecule has 0 spiro atoms. The van der Waals surface area contributed by atoms with Gasteiger partial charge < -0.3 is 34.3 Å². The molecule has 0 aliphatic carbocycles. The quantitative estimate of drug-likeness (QED) is 0.272. The summed E-state index contributed by atoms with van der Waals surface area (Å²) >= 11 is 0. The normalized spacial score (nSPS) is 0. The van der Waals surface area contributed by atoms with Crippen molar-refractivity contribution in [3.8, 4) is 0 Å². The van der Waals surface area contributed by atoms with E-state index in [-0.39, 0.29) is 53.1 Å². The van der Waals surface area contributed by atoms with E-state index < -0.39 is 0 Å². The monoisotopic (exact) mass is 116 g/mol. The Hall–Kier alpha value is 0.357. The standard InChI is InChI=1S/Li.6H2O.H/h;6*1H2;/q+1;;;;;;;-1. The van der Waals surface area contributed by atoms with Gasteiger partial charge in [-0.05, 0) is 0 Å². The molecule has 0 amide bonds. The molecule has 0 saturated heterocycles. The van der Waals surface area contributed by atoms with Crippen molar-refractivity contribution >= 4 is 0 Å². The van der Waals surface area contributed by atoms with Crippen LogP contribution in [0.3, 0.4) is 0 Å². The van der Waals surface area contributed by atoms with E-state index in [0.29, 0.717) is 0 Å². The molecule has 0 atom stereocenters. The molecule has 0 aromatic carbocycles. The molecule has 0 rings (SSSR count). The van der Waals surface area contributed by atoms with Gasteiger partial charge in [-0.2, -0.15) is 0 Å². The summed E-state index contributed by atoms with van der Waals surface area (Å²) < 4.78 is 0. The van der Waals surface area contributed by atoms with E-state index in [2.05, 4.69) is 0 Å². The van der Waals surface area contributed by atoms with E-state index in [0.717, 1.165) is 0 Å². The van der Waals surface area contributed by atoms with Gasteiger partial charge in [0, 0.05) is 0 Å². The summed E-state index contributed by atoms with van der Waals surface area (Å²) in [5.74, 6) is 0. The van der Waals surface area contributed by atoms with Gasteiger partial charge in [0.25, 0.3) is 0 Å². The Morgan fingerprint density at radius 3 is 0.429 bits per heavy atom. The van der Waals surface area contributed by atoms with Crippen LogP contribution in [0.15, 0.2) is 0 Å². The van der Waals surface area contributed by atoms with Gasteiger partial charge in [0.15, 0.2) is 0 Å². The fourth-order valence-corrected chi connectivity index (χ4v) is 0. The maximum atomic E-state index is 0. The summed E-state index contributed by atoms with van der Waals surface area (Å²) in [5.41, 5.74) is 0. The SMILES string of the molecule is O.O.O.O.O.O.[H-].[Li+]. The van der Waals surface area contributed by atoms with Gasteiger partial charge in [0.2, 0.25) is 0 Å². The molecule has 0 bridgehead atoms. The first kappa shape index (κ1) is 2330. The van der Waals surface area contributed by atoms with Crippen molar-refractivity contribution in [2.75, 3.05) is 0 Å². The number of hydrogen-bond acceptors (Lipinski definition) is 0. The van der Waals surface area contributed by atoms with Gasteiger partial charge in [0.1, 0.15) is 0 Å². The molecule has 0 fully saturated rings. The molecule has 50 valence electrons. The molecule has 12 N–H and O–H groups in total. The minimum atomic E-state index is 0. The molecule has 0 aliphatic rings.